The van der Waals surface area contributed by atoms with Gasteiger partial charge in [0.05, 0.1) is 5.56 Å². The number of hydrogen-bond acceptors (Lipinski definition) is 4. The van der Waals surface area contributed by atoms with Gasteiger partial charge in [-0.25, -0.2) is 9.18 Å². The Kier molecular flexibility index (Phi) is 3.59. The summed E-state index contributed by atoms with van der Waals surface area (Å²) in [5.41, 5.74) is -0.143. The number of nitrogens with zero attached hydrogens (tertiary/aromatic N) is 1. The number of thioether (sulfide) groups is 1. The zero-order valence-electron chi connectivity index (χ0n) is 12.4. The van der Waals surface area contributed by atoms with Crippen LogP contribution < -0.4 is 5.32 Å². The molecule has 23 heavy (non-hydrogen) atoms. The van der Waals surface area contributed by atoms with Crippen molar-refractivity contribution in [2.45, 2.75) is 36.1 Å². The minimum absolute atomic E-state index is 0.143. The summed E-state index contributed by atoms with van der Waals surface area (Å²) in [6.07, 6.45) is 0. The number of hydrogen-bond donors (Lipinski definition) is 2. The average molecular weight is 338 g/mol. The van der Waals surface area contributed by atoms with Crippen LogP contribution in [0.5, 0.6) is 0 Å². The zero-order valence-corrected chi connectivity index (χ0v) is 13.3. The molecule has 122 valence electrons. The minimum atomic E-state index is -1.07. The number of carboxylic acids is 1. The van der Waals surface area contributed by atoms with Gasteiger partial charge in [-0.05, 0) is 26.0 Å². The van der Waals surface area contributed by atoms with Crippen LogP contribution in [-0.2, 0) is 9.59 Å². The summed E-state index contributed by atoms with van der Waals surface area (Å²) in [6.45, 7) is 3.50. The standard InChI is InChI=1S/C15H15FN2O4S/c1-15(2)10(14(21)22)18-12(20)9(13(18)23-15)17-11(19)7-5-3-4-6-8(7)16/h3-6,9-10,13H,1-2H3,(H,17,19)(H,21,22)/t9-,10-,13+/m1/s1. The van der Waals surface area contributed by atoms with Crippen molar-refractivity contribution in [2.75, 3.05) is 0 Å². The third-order valence-electron chi connectivity index (χ3n) is 4.08. The summed E-state index contributed by atoms with van der Waals surface area (Å²) in [6, 6.07) is 3.72. The van der Waals surface area contributed by atoms with Crippen LogP contribution in [0.1, 0.15) is 24.2 Å². The Morgan fingerprint density at radius 3 is 2.61 bits per heavy atom. The highest BCUT2D eigenvalue weighted by molar-refractivity contribution is 8.01. The molecule has 2 aliphatic heterocycles. The molecule has 0 spiro atoms. The van der Waals surface area contributed by atoms with Crippen molar-refractivity contribution in [2.24, 2.45) is 0 Å². The molecule has 0 radical (unpaired) electrons. The Bertz CT molecular complexity index is 708. The first-order valence-corrected chi connectivity index (χ1v) is 7.90. The van der Waals surface area contributed by atoms with Crippen LogP contribution >= 0.6 is 11.8 Å². The Labute approximate surface area is 136 Å². The Morgan fingerprint density at radius 1 is 1.35 bits per heavy atom. The maximum absolute atomic E-state index is 13.6. The molecule has 3 atom stereocenters. The maximum atomic E-state index is 13.6. The molecule has 2 fully saturated rings. The topological polar surface area (TPSA) is 86.7 Å². The predicted octanol–water partition coefficient (Wildman–Crippen LogP) is 1.07. The fourth-order valence-electron chi connectivity index (χ4n) is 3.01. The quantitative estimate of drug-likeness (QED) is 0.805. The summed E-state index contributed by atoms with van der Waals surface area (Å²) < 4.78 is 13.0. The number of rotatable bonds is 3. The second-order valence-electron chi connectivity index (χ2n) is 6.03. The van der Waals surface area contributed by atoms with Gasteiger partial charge < -0.3 is 15.3 Å². The normalized spacial score (nSPS) is 28.0. The Morgan fingerprint density at radius 2 is 2.00 bits per heavy atom. The van der Waals surface area contributed by atoms with Gasteiger partial charge in [-0.1, -0.05) is 12.1 Å². The number of β-lactam (4-membered cyclic amide) rings is 1. The molecule has 0 aromatic heterocycles. The van der Waals surface area contributed by atoms with Gasteiger partial charge in [-0.2, -0.15) is 0 Å². The van der Waals surface area contributed by atoms with Gasteiger partial charge in [0.15, 0.2) is 0 Å². The lowest BCUT2D eigenvalue weighted by Crippen LogP contribution is -2.70. The molecule has 2 amide bonds. The summed E-state index contributed by atoms with van der Waals surface area (Å²) in [7, 11) is 0. The molecule has 1 aromatic carbocycles. The molecule has 0 aliphatic carbocycles. The van der Waals surface area contributed by atoms with Crippen LogP contribution in [0, 0.1) is 5.82 Å². The highest BCUT2D eigenvalue weighted by Gasteiger charge is 2.64. The van der Waals surface area contributed by atoms with E-state index in [1.54, 1.807) is 13.8 Å². The smallest absolute Gasteiger partial charge is 0.327 e. The number of carboxylic acid groups (broad SMARTS) is 1. The van der Waals surface area contributed by atoms with E-state index in [1.807, 2.05) is 0 Å². The second-order valence-corrected chi connectivity index (χ2v) is 7.80. The molecule has 8 heteroatoms. The molecule has 0 bridgehead atoms. The van der Waals surface area contributed by atoms with Crippen LogP contribution in [-0.4, -0.2) is 50.0 Å². The van der Waals surface area contributed by atoms with Gasteiger partial charge in [0, 0.05) is 4.75 Å². The van der Waals surface area contributed by atoms with E-state index in [0.29, 0.717) is 0 Å². The summed E-state index contributed by atoms with van der Waals surface area (Å²) in [4.78, 5) is 37.1. The van der Waals surface area contributed by atoms with Gasteiger partial charge in [-0.3, -0.25) is 9.59 Å². The van der Waals surface area contributed by atoms with E-state index >= 15 is 0 Å². The van der Waals surface area contributed by atoms with E-state index in [-0.39, 0.29) is 5.56 Å². The van der Waals surface area contributed by atoms with Gasteiger partial charge >= 0.3 is 5.97 Å². The number of nitrogens with one attached hydrogen (secondary N) is 1. The number of carbonyl (C=O) groups excluding carboxylic acids is 2. The lowest BCUT2D eigenvalue weighted by molar-refractivity contribution is -0.159. The monoisotopic (exact) mass is 338 g/mol. The maximum Gasteiger partial charge on any atom is 0.327 e. The number of benzene rings is 1. The Hall–Kier alpha value is -2.09. The van der Waals surface area contributed by atoms with E-state index in [9.17, 15) is 23.9 Å². The molecule has 1 aromatic rings. The summed E-state index contributed by atoms with van der Waals surface area (Å²) in [5, 5.41) is 11.4. The minimum Gasteiger partial charge on any atom is -0.480 e. The molecule has 6 nitrogen and oxygen atoms in total. The highest BCUT2D eigenvalue weighted by atomic mass is 32.2. The molecular formula is C15H15FN2O4S. The first-order valence-electron chi connectivity index (χ1n) is 7.02. The van der Waals surface area contributed by atoms with Crippen LogP contribution in [0.15, 0.2) is 24.3 Å². The van der Waals surface area contributed by atoms with Crippen molar-refractivity contribution in [1.82, 2.24) is 10.2 Å². The van der Waals surface area contributed by atoms with Gasteiger partial charge in [-0.15, -0.1) is 11.8 Å². The lowest BCUT2D eigenvalue weighted by Gasteiger charge is -2.43. The second kappa shape index (κ2) is 5.23. The first-order chi connectivity index (χ1) is 10.7. The van der Waals surface area contributed by atoms with Crippen molar-refractivity contribution >= 4 is 29.5 Å². The molecule has 0 saturated carbocycles. The van der Waals surface area contributed by atoms with E-state index in [1.165, 1.54) is 34.9 Å². The number of fused-ring (bicyclic) bond motifs is 1. The van der Waals surface area contributed by atoms with E-state index in [0.717, 1.165) is 6.07 Å². The lowest BCUT2D eigenvalue weighted by atomic mass is 9.96. The highest BCUT2D eigenvalue weighted by Crippen LogP contribution is 2.50. The van der Waals surface area contributed by atoms with Crippen LogP contribution in [0.3, 0.4) is 0 Å². The third-order valence-corrected chi connectivity index (χ3v) is 5.65. The fourth-order valence-corrected chi connectivity index (χ4v) is 4.64. The number of halogens is 1. The average Bonchev–Trinajstić information content (AvgIpc) is 2.73. The first kappa shape index (κ1) is 15.8. The number of aliphatic carboxylic acids is 1. The fraction of sp³-hybridized carbons (Fsp3) is 0.400. The molecule has 2 aliphatic rings. The summed E-state index contributed by atoms with van der Waals surface area (Å²) in [5.74, 6) is -2.88. The molecule has 2 heterocycles. The van der Waals surface area contributed by atoms with Crippen LogP contribution in [0.2, 0.25) is 0 Å². The molecule has 3 rings (SSSR count). The van der Waals surface area contributed by atoms with E-state index < -0.39 is 45.8 Å². The largest absolute Gasteiger partial charge is 0.480 e. The molecule has 2 N–H and O–H groups in total. The van der Waals surface area contributed by atoms with Gasteiger partial charge in [0.1, 0.15) is 23.3 Å². The predicted molar refractivity (Wildman–Crippen MR) is 81.4 cm³/mol. The van der Waals surface area contributed by atoms with E-state index in [2.05, 4.69) is 5.32 Å². The van der Waals surface area contributed by atoms with Crippen molar-refractivity contribution in [3.8, 4) is 0 Å². The summed E-state index contributed by atoms with van der Waals surface area (Å²) >= 11 is 1.32. The van der Waals surface area contributed by atoms with Gasteiger partial charge in [0.2, 0.25) is 5.91 Å². The number of carbonyl (C=O) groups is 3. The molecular weight excluding hydrogens is 323 g/mol. The zero-order chi connectivity index (χ0) is 16.9. The number of amides is 2. The van der Waals surface area contributed by atoms with Crippen LogP contribution in [0.4, 0.5) is 4.39 Å². The van der Waals surface area contributed by atoms with Crippen LogP contribution in [0.25, 0.3) is 0 Å². The molecule has 0 unspecified atom stereocenters. The van der Waals surface area contributed by atoms with Crippen molar-refractivity contribution in [3.63, 3.8) is 0 Å². The molecule has 2 saturated heterocycles. The van der Waals surface area contributed by atoms with Crippen molar-refractivity contribution in [1.29, 1.82) is 0 Å². The SMILES string of the molecule is CC1(C)S[C@H]2[C@H](NC(=O)c3ccccc3F)C(=O)N2[C@@H]1C(=O)O. The van der Waals surface area contributed by atoms with E-state index in [4.69, 9.17) is 0 Å². The third kappa shape index (κ3) is 2.37. The van der Waals surface area contributed by atoms with Gasteiger partial charge in [0.25, 0.3) is 5.91 Å². The Balaban J connectivity index is 1.78. The van der Waals surface area contributed by atoms with Crippen molar-refractivity contribution < 1.29 is 23.9 Å². The van der Waals surface area contributed by atoms with Crippen molar-refractivity contribution in [3.05, 3.63) is 35.6 Å².